The molecule has 0 atom stereocenters. The normalized spacial score (nSPS) is 22.1. The largest absolute Gasteiger partial charge is 0.495 e. The number of nitrogens with one attached hydrogen (secondary N) is 1. The van der Waals surface area contributed by atoms with Crippen LogP contribution < -0.4 is 15.8 Å². The van der Waals surface area contributed by atoms with E-state index >= 15 is 0 Å². The molecule has 1 amide bonds. The Kier molecular flexibility index (Phi) is 3.72. The van der Waals surface area contributed by atoms with Gasteiger partial charge in [0, 0.05) is 12.1 Å². The van der Waals surface area contributed by atoms with E-state index in [9.17, 15) is 4.79 Å². The van der Waals surface area contributed by atoms with Gasteiger partial charge in [0.2, 0.25) is 0 Å². The van der Waals surface area contributed by atoms with Crippen molar-refractivity contribution in [2.24, 2.45) is 5.92 Å². The average molecular weight is 250 g/mol. The number of methoxy groups -OCH3 is 1. The third-order valence-electron chi connectivity index (χ3n) is 3.25. The summed E-state index contributed by atoms with van der Waals surface area (Å²) >= 11 is 0. The summed E-state index contributed by atoms with van der Waals surface area (Å²) in [6.07, 6.45) is 1.35. The fourth-order valence-electron chi connectivity index (χ4n) is 2.08. The molecule has 5 heteroatoms. The maximum absolute atomic E-state index is 11.9. The standard InChI is InChI=1S/C13H18N2O3/c1-18-12-3-2-9(6-11(12)14)13(17)15-7-8-4-10(16)5-8/h2-3,6,8,10,16H,4-5,7,14H2,1H3,(H,15,17). The highest BCUT2D eigenvalue weighted by molar-refractivity contribution is 5.95. The molecule has 5 nitrogen and oxygen atoms in total. The van der Waals surface area contributed by atoms with E-state index in [1.54, 1.807) is 18.2 Å². The van der Waals surface area contributed by atoms with Crippen molar-refractivity contribution in [3.8, 4) is 5.75 Å². The number of nitrogens with two attached hydrogens (primary N) is 1. The van der Waals surface area contributed by atoms with Crippen molar-refractivity contribution >= 4 is 11.6 Å². The van der Waals surface area contributed by atoms with Crippen LogP contribution in [-0.4, -0.2) is 30.8 Å². The lowest BCUT2D eigenvalue weighted by Gasteiger charge is -2.31. The fourth-order valence-corrected chi connectivity index (χ4v) is 2.08. The summed E-state index contributed by atoms with van der Waals surface area (Å²) in [7, 11) is 1.54. The van der Waals surface area contributed by atoms with Crippen molar-refractivity contribution in [1.82, 2.24) is 5.32 Å². The van der Waals surface area contributed by atoms with Gasteiger partial charge in [0.05, 0.1) is 18.9 Å². The molecule has 0 bridgehead atoms. The zero-order chi connectivity index (χ0) is 13.1. The predicted molar refractivity (Wildman–Crippen MR) is 68.5 cm³/mol. The van der Waals surface area contributed by atoms with Gasteiger partial charge in [-0.15, -0.1) is 0 Å². The van der Waals surface area contributed by atoms with E-state index in [2.05, 4.69) is 5.32 Å². The Morgan fingerprint density at radius 3 is 2.83 bits per heavy atom. The van der Waals surface area contributed by atoms with Gasteiger partial charge in [0.1, 0.15) is 5.75 Å². The molecule has 1 fully saturated rings. The lowest BCUT2D eigenvalue weighted by Crippen LogP contribution is -2.38. The van der Waals surface area contributed by atoms with E-state index in [0.717, 1.165) is 12.8 Å². The Morgan fingerprint density at radius 2 is 2.28 bits per heavy atom. The number of aliphatic hydroxyl groups is 1. The second kappa shape index (κ2) is 5.27. The zero-order valence-corrected chi connectivity index (χ0v) is 10.3. The number of ether oxygens (including phenoxy) is 1. The highest BCUT2D eigenvalue weighted by Crippen LogP contribution is 2.26. The third kappa shape index (κ3) is 2.73. The van der Waals surface area contributed by atoms with Crippen molar-refractivity contribution in [1.29, 1.82) is 0 Å². The Hall–Kier alpha value is -1.75. The topological polar surface area (TPSA) is 84.6 Å². The summed E-state index contributed by atoms with van der Waals surface area (Å²) < 4.78 is 5.03. The maximum atomic E-state index is 11.9. The van der Waals surface area contributed by atoms with Gasteiger partial charge in [-0.25, -0.2) is 0 Å². The molecule has 1 aliphatic rings. The molecule has 0 radical (unpaired) electrons. The average Bonchev–Trinajstić information content (AvgIpc) is 2.32. The molecule has 0 saturated heterocycles. The number of carbonyl (C=O) groups is 1. The van der Waals surface area contributed by atoms with Gasteiger partial charge in [-0.3, -0.25) is 4.79 Å². The lowest BCUT2D eigenvalue weighted by molar-refractivity contribution is 0.0420. The minimum absolute atomic E-state index is 0.147. The Balaban J connectivity index is 1.90. The molecule has 0 unspecified atom stereocenters. The van der Waals surface area contributed by atoms with Crippen LogP contribution >= 0.6 is 0 Å². The highest BCUT2D eigenvalue weighted by Gasteiger charge is 2.27. The molecule has 4 N–H and O–H groups in total. The zero-order valence-electron chi connectivity index (χ0n) is 10.3. The number of hydrogen-bond acceptors (Lipinski definition) is 4. The first-order valence-corrected chi connectivity index (χ1v) is 6.00. The molecule has 18 heavy (non-hydrogen) atoms. The van der Waals surface area contributed by atoms with Gasteiger partial charge in [0.25, 0.3) is 5.91 Å². The Morgan fingerprint density at radius 1 is 1.56 bits per heavy atom. The molecule has 1 saturated carbocycles. The van der Waals surface area contributed by atoms with Crippen molar-refractivity contribution in [3.63, 3.8) is 0 Å². The molecule has 1 aromatic rings. The van der Waals surface area contributed by atoms with Crippen molar-refractivity contribution in [3.05, 3.63) is 23.8 Å². The molecule has 0 spiro atoms. The summed E-state index contributed by atoms with van der Waals surface area (Å²) in [5, 5.41) is 12.0. The molecule has 0 aliphatic heterocycles. The number of hydrogen-bond donors (Lipinski definition) is 3. The molecule has 1 aromatic carbocycles. The van der Waals surface area contributed by atoms with Gasteiger partial charge in [-0.1, -0.05) is 0 Å². The smallest absolute Gasteiger partial charge is 0.251 e. The first-order chi connectivity index (χ1) is 8.60. The van der Waals surface area contributed by atoms with Crippen LogP contribution in [0.25, 0.3) is 0 Å². The third-order valence-corrected chi connectivity index (χ3v) is 3.25. The summed E-state index contributed by atoms with van der Waals surface area (Å²) in [6, 6.07) is 4.96. The first-order valence-electron chi connectivity index (χ1n) is 6.00. The lowest BCUT2D eigenvalue weighted by atomic mass is 9.82. The van der Waals surface area contributed by atoms with E-state index in [-0.39, 0.29) is 12.0 Å². The first kappa shape index (κ1) is 12.7. The van der Waals surface area contributed by atoms with Crippen molar-refractivity contribution in [2.75, 3.05) is 19.4 Å². The second-order valence-electron chi connectivity index (χ2n) is 4.66. The molecule has 98 valence electrons. The molecule has 0 aromatic heterocycles. The highest BCUT2D eigenvalue weighted by atomic mass is 16.5. The van der Waals surface area contributed by atoms with Crippen LogP contribution in [0.3, 0.4) is 0 Å². The number of carbonyl (C=O) groups excluding carboxylic acids is 1. The number of nitrogen functional groups attached to an aromatic ring is 1. The van der Waals surface area contributed by atoms with E-state index < -0.39 is 0 Å². The van der Waals surface area contributed by atoms with Crippen molar-refractivity contribution in [2.45, 2.75) is 18.9 Å². The maximum Gasteiger partial charge on any atom is 0.251 e. The minimum Gasteiger partial charge on any atom is -0.495 e. The number of benzene rings is 1. The molecular formula is C13H18N2O3. The monoisotopic (exact) mass is 250 g/mol. The van der Waals surface area contributed by atoms with Crippen LogP contribution in [0, 0.1) is 5.92 Å². The quantitative estimate of drug-likeness (QED) is 0.689. The van der Waals surface area contributed by atoms with Crippen LogP contribution in [0.4, 0.5) is 5.69 Å². The molecular weight excluding hydrogens is 232 g/mol. The number of rotatable bonds is 4. The molecule has 2 rings (SSSR count). The summed E-state index contributed by atoms with van der Waals surface area (Å²) in [4.78, 5) is 11.9. The number of amides is 1. The summed E-state index contributed by atoms with van der Waals surface area (Å²) in [6.45, 7) is 0.599. The van der Waals surface area contributed by atoms with Gasteiger partial charge >= 0.3 is 0 Å². The van der Waals surface area contributed by atoms with Crippen LogP contribution in [0.15, 0.2) is 18.2 Å². The molecule has 1 aliphatic carbocycles. The SMILES string of the molecule is COc1ccc(C(=O)NCC2CC(O)C2)cc1N. The predicted octanol–water partition coefficient (Wildman–Crippen LogP) is 0.778. The van der Waals surface area contributed by atoms with E-state index in [1.165, 1.54) is 7.11 Å². The van der Waals surface area contributed by atoms with E-state index in [1.807, 2.05) is 0 Å². The van der Waals surface area contributed by atoms with Crippen LogP contribution in [0.1, 0.15) is 23.2 Å². The summed E-state index contributed by atoms with van der Waals surface area (Å²) in [5.41, 5.74) is 6.71. The van der Waals surface area contributed by atoms with Crippen LogP contribution in [0.2, 0.25) is 0 Å². The number of aliphatic hydroxyl groups excluding tert-OH is 1. The fraction of sp³-hybridized carbons (Fsp3) is 0.462. The van der Waals surface area contributed by atoms with Gasteiger partial charge in [-0.2, -0.15) is 0 Å². The number of anilines is 1. The Labute approximate surface area is 106 Å². The van der Waals surface area contributed by atoms with Gasteiger partial charge < -0.3 is 20.9 Å². The van der Waals surface area contributed by atoms with E-state index in [4.69, 9.17) is 15.6 Å². The summed E-state index contributed by atoms with van der Waals surface area (Å²) in [5.74, 6) is 0.805. The molecule has 0 heterocycles. The van der Waals surface area contributed by atoms with Crippen LogP contribution in [-0.2, 0) is 0 Å². The van der Waals surface area contributed by atoms with Gasteiger partial charge in [0.15, 0.2) is 0 Å². The second-order valence-corrected chi connectivity index (χ2v) is 4.66. The van der Waals surface area contributed by atoms with Crippen molar-refractivity contribution < 1.29 is 14.6 Å². The van der Waals surface area contributed by atoms with Gasteiger partial charge in [-0.05, 0) is 37.0 Å². The van der Waals surface area contributed by atoms with Crippen LogP contribution in [0.5, 0.6) is 5.75 Å². The Bertz CT molecular complexity index is 442. The minimum atomic E-state index is -0.191. The van der Waals surface area contributed by atoms with E-state index in [0.29, 0.717) is 29.5 Å².